The van der Waals surface area contributed by atoms with E-state index in [1.54, 1.807) is 0 Å². The summed E-state index contributed by atoms with van der Waals surface area (Å²) in [5.74, 6) is 0.403. The van der Waals surface area contributed by atoms with Crippen molar-refractivity contribution in [3.63, 3.8) is 0 Å². The zero-order valence-corrected chi connectivity index (χ0v) is 18.2. The Morgan fingerprint density at radius 2 is 1.61 bits per heavy atom. The molecule has 0 amide bonds. The smallest absolute Gasteiger partial charge is 0.126 e. The van der Waals surface area contributed by atoms with Gasteiger partial charge in [-0.05, 0) is 59.5 Å². The number of aliphatic imine (C=N–C) groups is 1. The fraction of sp³-hybridized carbons (Fsp3) is 0.240. The summed E-state index contributed by atoms with van der Waals surface area (Å²) in [4.78, 5) is 4.63. The van der Waals surface area contributed by atoms with E-state index in [0.717, 1.165) is 22.1 Å². The van der Waals surface area contributed by atoms with E-state index in [4.69, 9.17) is 0 Å². The molecule has 0 spiro atoms. The summed E-state index contributed by atoms with van der Waals surface area (Å²) in [7, 11) is 0.371. The molecule has 0 aliphatic heterocycles. The lowest BCUT2D eigenvalue weighted by Crippen LogP contribution is -2.17. The zero-order chi connectivity index (χ0) is 20.3. The van der Waals surface area contributed by atoms with Gasteiger partial charge < -0.3 is 5.11 Å². The van der Waals surface area contributed by atoms with Gasteiger partial charge in [-0.25, -0.2) is 0 Å². The molecule has 0 aromatic heterocycles. The summed E-state index contributed by atoms with van der Waals surface area (Å²) in [5.41, 5.74) is 5.48. The number of aromatic hydroxyl groups is 1. The minimum atomic E-state index is 0.0427. The summed E-state index contributed by atoms with van der Waals surface area (Å²) < 4.78 is 0. The normalized spacial score (nSPS) is 12.3. The van der Waals surface area contributed by atoms with Gasteiger partial charge in [0.1, 0.15) is 5.75 Å². The Bertz CT molecular complexity index is 1000. The number of phenolic OH excluding ortho intramolecular Hbond substituents is 1. The van der Waals surface area contributed by atoms with E-state index >= 15 is 0 Å². The first kappa shape index (κ1) is 20.3. The van der Waals surface area contributed by atoms with Crippen LogP contribution in [0, 0.1) is 13.8 Å². The predicted molar refractivity (Wildman–Crippen MR) is 124 cm³/mol. The molecule has 0 bridgehead atoms. The molecule has 0 radical (unpaired) electrons. The maximum atomic E-state index is 10.7. The number of phenols is 1. The summed E-state index contributed by atoms with van der Waals surface area (Å²) in [5, 5.41) is 12.9. The first-order chi connectivity index (χ1) is 13.3. The average Bonchev–Trinajstić information content (AvgIpc) is 2.65. The minimum Gasteiger partial charge on any atom is -0.507 e. The molecule has 28 heavy (non-hydrogen) atoms. The van der Waals surface area contributed by atoms with Crippen LogP contribution in [0.2, 0.25) is 0 Å². The summed E-state index contributed by atoms with van der Waals surface area (Å²) in [6, 6.07) is 20.5. The molecule has 3 heteroatoms. The van der Waals surface area contributed by atoms with Crippen LogP contribution in [-0.4, -0.2) is 11.3 Å². The van der Waals surface area contributed by atoms with Gasteiger partial charge >= 0.3 is 0 Å². The number of aryl methyl sites for hydroxylation is 2. The van der Waals surface area contributed by atoms with Gasteiger partial charge in [0.25, 0.3) is 0 Å². The summed E-state index contributed by atoms with van der Waals surface area (Å²) in [6.45, 7) is 10.7. The average molecular weight is 389 g/mol. The molecule has 0 aliphatic rings. The molecule has 144 valence electrons. The minimum absolute atomic E-state index is 0.0427. The van der Waals surface area contributed by atoms with Crippen LogP contribution in [0.5, 0.6) is 5.75 Å². The Kier molecular flexibility index (Phi) is 6.01. The highest BCUT2D eigenvalue weighted by molar-refractivity contribution is 7.56. The van der Waals surface area contributed by atoms with Crippen LogP contribution in [0.3, 0.4) is 0 Å². The number of para-hydroxylation sites is 1. The van der Waals surface area contributed by atoms with E-state index in [1.165, 1.54) is 16.4 Å². The molecule has 3 aromatic carbocycles. The standard InChI is InChI=1S/C25H28NOP/c1-17-10-9-11-19(16-26-21-12-7-6-8-13-21)24(17)28-22-15-20(25(3,4)5)14-18(2)23(22)27/h6-16,27-28H,1-5H3. The summed E-state index contributed by atoms with van der Waals surface area (Å²) >= 11 is 0. The topological polar surface area (TPSA) is 32.6 Å². The Morgan fingerprint density at radius 1 is 0.893 bits per heavy atom. The predicted octanol–water partition coefficient (Wildman–Crippen LogP) is 5.69. The van der Waals surface area contributed by atoms with Crippen molar-refractivity contribution in [1.29, 1.82) is 0 Å². The van der Waals surface area contributed by atoms with Gasteiger partial charge in [-0.1, -0.05) is 71.8 Å². The lowest BCUT2D eigenvalue weighted by molar-refractivity contribution is 0.474. The van der Waals surface area contributed by atoms with Crippen molar-refractivity contribution < 1.29 is 5.11 Å². The van der Waals surface area contributed by atoms with Crippen LogP contribution in [0.4, 0.5) is 5.69 Å². The van der Waals surface area contributed by atoms with Gasteiger partial charge in [-0.3, -0.25) is 4.99 Å². The van der Waals surface area contributed by atoms with Crippen molar-refractivity contribution in [3.8, 4) is 5.75 Å². The quantitative estimate of drug-likeness (QED) is 0.451. The van der Waals surface area contributed by atoms with E-state index in [1.807, 2.05) is 43.5 Å². The third-order valence-corrected chi connectivity index (χ3v) is 6.42. The molecule has 0 saturated carbocycles. The van der Waals surface area contributed by atoms with E-state index in [0.29, 0.717) is 14.3 Å². The molecule has 2 nitrogen and oxygen atoms in total. The van der Waals surface area contributed by atoms with Crippen molar-refractivity contribution in [2.75, 3.05) is 0 Å². The zero-order valence-electron chi connectivity index (χ0n) is 17.2. The fourth-order valence-electron chi connectivity index (χ4n) is 3.07. The van der Waals surface area contributed by atoms with E-state index in [2.05, 4.69) is 63.0 Å². The van der Waals surface area contributed by atoms with E-state index in [-0.39, 0.29) is 5.41 Å². The highest BCUT2D eigenvalue weighted by atomic mass is 31.1. The van der Waals surface area contributed by atoms with Crippen LogP contribution in [-0.2, 0) is 5.41 Å². The lowest BCUT2D eigenvalue weighted by atomic mass is 9.86. The molecule has 0 heterocycles. The number of hydrogen-bond acceptors (Lipinski definition) is 2. The Balaban J connectivity index is 2.02. The number of rotatable bonds is 4. The maximum Gasteiger partial charge on any atom is 0.126 e. The molecule has 0 fully saturated rings. The van der Waals surface area contributed by atoms with Crippen molar-refractivity contribution in [2.24, 2.45) is 4.99 Å². The molecule has 0 aliphatic carbocycles. The molecule has 1 atom stereocenters. The second-order valence-corrected chi connectivity index (χ2v) is 9.49. The van der Waals surface area contributed by atoms with Crippen molar-refractivity contribution >= 4 is 31.1 Å². The molecular weight excluding hydrogens is 361 g/mol. The van der Waals surface area contributed by atoms with Gasteiger partial charge in [-0.2, -0.15) is 0 Å². The lowest BCUT2D eigenvalue weighted by Gasteiger charge is -2.22. The van der Waals surface area contributed by atoms with Crippen LogP contribution in [0.1, 0.15) is 43.0 Å². The maximum absolute atomic E-state index is 10.7. The number of nitrogens with zero attached hydrogens (tertiary/aromatic N) is 1. The third-order valence-electron chi connectivity index (χ3n) is 4.84. The van der Waals surface area contributed by atoms with Gasteiger partial charge in [0.15, 0.2) is 0 Å². The molecule has 1 unspecified atom stereocenters. The second-order valence-electron chi connectivity index (χ2n) is 8.20. The number of hydrogen-bond donors (Lipinski definition) is 1. The van der Waals surface area contributed by atoms with Gasteiger partial charge in [0.05, 0.1) is 5.69 Å². The first-order valence-electron chi connectivity index (χ1n) is 9.55. The number of benzene rings is 3. The molecule has 0 saturated heterocycles. The van der Waals surface area contributed by atoms with Crippen molar-refractivity contribution in [3.05, 3.63) is 82.9 Å². The Labute approximate surface area is 170 Å². The monoisotopic (exact) mass is 389 g/mol. The third kappa shape index (κ3) is 4.69. The van der Waals surface area contributed by atoms with Crippen LogP contribution in [0.15, 0.2) is 65.7 Å². The molecule has 3 rings (SSSR count). The van der Waals surface area contributed by atoms with Crippen LogP contribution < -0.4 is 10.6 Å². The molecular formula is C25H28NOP. The molecule has 3 aromatic rings. The Morgan fingerprint density at radius 3 is 2.29 bits per heavy atom. The largest absolute Gasteiger partial charge is 0.507 e. The first-order valence-corrected chi connectivity index (χ1v) is 10.6. The highest BCUT2D eigenvalue weighted by Crippen LogP contribution is 2.30. The van der Waals surface area contributed by atoms with E-state index < -0.39 is 0 Å². The van der Waals surface area contributed by atoms with Crippen molar-refractivity contribution in [1.82, 2.24) is 0 Å². The van der Waals surface area contributed by atoms with Crippen LogP contribution >= 0.6 is 8.58 Å². The highest BCUT2D eigenvalue weighted by Gasteiger charge is 2.18. The fourth-order valence-corrected chi connectivity index (χ4v) is 4.45. The van der Waals surface area contributed by atoms with Gasteiger partial charge in [0, 0.05) is 17.1 Å². The van der Waals surface area contributed by atoms with Gasteiger partial charge in [0.2, 0.25) is 0 Å². The van der Waals surface area contributed by atoms with E-state index in [9.17, 15) is 5.11 Å². The molecule has 1 N–H and O–H groups in total. The van der Waals surface area contributed by atoms with Gasteiger partial charge in [-0.15, -0.1) is 0 Å². The Hall–Kier alpha value is -2.44. The van der Waals surface area contributed by atoms with Crippen LogP contribution in [0.25, 0.3) is 0 Å². The van der Waals surface area contributed by atoms with Crippen molar-refractivity contribution in [2.45, 2.75) is 40.0 Å². The summed E-state index contributed by atoms with van der Waals surface area (Å²) in [6.07, 6.45) is 1.93. The SMILES string of the molecule is Cc1cc(C(C)(C)C)cc(Pc2c(C)cccc2C=Nc2ccccc2)c1O. The second kappa shape index (κ2) is 8.29.